The molecule has 132 valence electrons. The van der Waals surface area contributed by atoms with E-state index < -0.39 is 27.8 Å². The highest BCUT2D eigenvalue weighted by atomic mass is 35.5. The average molecular weight is 383 g/mol. The maximum absolute atomic E-state index is 12.3. The topological polar surface area (TPSA) is 96.7 Å². The third-order valence-electron chi connectivity index (χ3n) is 3.79. The van der Waals surface area contributed by atoms with E-state index in [1.807, 2.05) is 0 Å². The van der Waals surface area contributed by atoms with Crippen molar-refractivity contribution in [1.82, 2.24) is 5.32 Å². The number of benzene rings is 1. The molecule has 1 N–H and O–H groups in total. The van der Waals surface area contributed by atoms with E-state index in [1.165, 1.54) is 31.4 Å². The van der Waals surface area contributed by atoms with Crippen LogP contribution in [-0.4, -0.2) is 26.0 Å². The van der Waals surface area contributed by atoms with E-state index in [0.717, 1.165) is 0 Å². The van der Waals surface area contributed by atoms with Crippen LogP contribution in [0, 0.1) is 5.92 Å². The Morgan fingerprint density at radius 3 is 2.76 bits per heavy atom. The summed E-state index contributed by atoms with van der Waals surface area (Å²) >= 11 is 6.07. The van der Waals surface area contributed by atoms with Crippen LogP contribution in [0.4, 0.5) is 5.69 Å². The standard InChI is InChI=1S/C16H15ClN2O5S/c1-10-9-25(22,23)19(16(10)21)14-7-11(4-5-13(14)17)15(20)18-8-12-3-2-6-24-12/h2-7,10H,8-9H2,1H3,(H,18,20). The Morgan fingerprint density at radius 1 is 1.40 bits per heavy atom. The van der Waals surface area contributed by atoms with Gasteiger partial charge in [-0.25, -0.2) is 12.7 Å². The highest BCUT2D eigenvalue weighted by molar-refractivity contribution is 7.94. The molecular formula is C16H15ClN2O5S. The molecule has 1 saturated heterocycles. The number of sulfonamides is 1. The summed E-state index contributed by atoms with van der Waals surface area (Å²) in [7, 11) is -3.80. The van der Waals surface area contributed by atoms with Gasteiger partial charge >= 0.3 is 0 Å². The van der Waals surface area contributed by atoms with Gasteiger partial charge in [0.15, 0.2) is 0 Å². The summed E-state index contributed by atoms with van der Waals surface area (Å²) in [4.78, 5) is 24.5. The van der Waals surface area contributed by atoms with Gasteiger partial charge in [0.2, 0.25) is 15.9 Å². The number of nitrogens with zero attached hydrogens (tertiary/aromatic N) is 1. The van der Waals surface area contributed by atoms with Gasteiger partial charge in [0.05, 0.1) is 35.2 Å². The van der Waals surface area contributed by atoms with Crippen molar-refractivity contribution in [3.63, 3.8) is 0 Å². The molecule has 1 fully saturated rings. The highest BCUT2D eigenvalue weighted by Gasteiger charge is 2.42. The largest absolute Gasteiger partial charge is 0.467 e. The molecule has 25 heavy (non-hydrogen) atoms. The van der Waals surface area contributed by atoms with Crippen LogP contribution in [0.15, 0.2) is 41.0 Å². The summed E-state index contributed by atoms with van der Waals surface area (Å²) in [5.74, 6) is -1.36. The Hall–Kier alpha value is -2.32. The minimum absolute atomic E-state index is 0.0123. The van der Waals surface area contributed by atoms with Gasteiger partial charge in [0.25, 0.3) is 5.91 Å². The molecule has 1 atom stereocenters. The molecule has 0 bridgehead atoms. The molecule has 0 spiro atoms. The van der Waals surface area contributed by atoms with E-state index in [4.69, 9.17) is 16.0 Å². The lowest BCUT2D eigenvalue weighted by atomic mass is 10.1. The Kier molecular flexibility index (Phi) is 4.57. The van der Waals surface area contributed by atoms with Gasteiger partial charge in [-0.15, -0.1) is 0 Å². The molecule has 1 aromatic heterocycles. The third kappa shape index (κ3) is 3.40. The Morgan fingerprint density at radius 2 is 2.16 bits per heavy atom. The Labute approximate surface area is 149 Å². The number of rotatable bonds is 4. The van der Waals surface area contributed by atoms with E-state index in [-0.39, 0.29) is 28.6 Å². The van der Waals surface area contributed by atoms with Crippen molar-refractivity contribution in [2.75, 3.05) is 10.1 Å². The lowest BCUT2D eigenvalue weighted by Crippen LogP contribution is -2.31. The van der Waals surface area contributed by atoms with Crippen LogP contribution in [-0.2, 0) is 21.4 Å². The normalized spacial score (nSPS) is 19.2. The van der Waals surface area contributed by atoms with Crippen molar-refractivity contribution in [3.8, 4) is 0 Å². The smallest absolute Gasteiger partial charge is 0.251 e. The number of furan rings is 1. The zero-order valence-corrected chi connectivity index (χ0v) is 14.8. The van der Waals surface area contributed by atoms with Crippen molar-refractivity contribution in [2.24, 2.45) is 5.92 Å². The molecule has 9 heteroatoms. The van der Waals surface area contributed by atoms with Crippen molar-refractivity contribution in [1.29, 1.82) is 0 Å². The first kappa shape index (κ1) is 17.5. The van der Waals surface area contributed by atoms with E-state index in [1.54, 1.807) is 12.1 Å². The molecule has 0 aliphatic carbocycles. The van der Waals surface area contributed by atoms with Crippen LogP contribution < -0.4 is 9.62 Å². The predicted molar refractivity (Wildman–Crippen MR) is 91.8 cm³/mol. The Bertz CT molecular complexity index is 924. The van der Waals surface area contributed by atoms with Crippen LogP contribution in [0.2, 0.25) is 5.02 Å². The fourth-order valence-electron chi connectivity index (χ4n) is 2.56. The zero-order valence-electron chi connectivity index (χ0n) is 13.2. The first-order valence-electron chi connectivity index (χ1n) is 7.46. The van der Waals surface area contributed by atoms with E-state index in [9.17, 15) is 18.0 Å². The minimum Gasteiger partial charge on any atom is -0.467 e. The summed E-state index contributed by atoms with van der Waals surface area (Å²) in [6.45, 7) is 1.72. The number of carbonyl (C=O) groups is 2. The SMILES string of the molecule is CC1CS(=O)(=O)N(c2cc(C(=O)NCc3ccco3)ccc2Cl)C1=O. The number of hydrogen-bond donors (Lipinski definition) is 1. The third-order valence-corrected chi connectivity index (χ3v) is 5.96. The van der Waals surface area contributed by atoms with Crippen LogP contribution in [0.5, 0.6) is 0 Å². The fraction of sp³-hybridized carbons (Fsp3) is 0.250. The highest BCUT2D eigenvalue weighted by Crippen LogP contribution is 2.34. The number of carbonyl (C=O) groups excluding carboxylic acids is 2. The van der Waals surface area contributed by atoms with E-state index >= 15 is 0 Å². The van der Waals surface area contributed by atoms with Crippen LogP contribution in [0.25, 0.3) is 0 Å². The molecule has 7 nitrogen and oxygen atoms in total. The second-order valence-corrected chi connectivity index (χ2v) is 7.98. The molecule has 1 unspecified atom stereocenters. The molecule has 1 aliphatic rings. The molecule has 2 aromatic rings. The van der Waals surface area contributed by atoms with Gasteiger partial charge in [0.1, 0.15) is 5.76 Å². The summed E-state index contributed by atoms with van der Waals surface area (Å²) in [6.07, 6.45) is 1.49. The molecule has 2 amide bonds. The lowest BCUT2D eigenvalue weighted by molar-refractivity contribution is -0.119. The van der Waals surface area contributed by atoms with Crippen LogP contribution in [0.1, 0.15) is 23.0 Å². The quantitative estimate of drug-likeness (QED) is 0.874. The molecule has 0 radical (unpaired) electrons. The summed E-state index contributed by atoms with van der Waals surface area (Å²) in [5.41, 5.74) is 0.176. The molecular weight excluding hydrogens is 368 g/mol. The van der Waals surface area contributed by atoms with Crippen molar-refractivity contribution in [3.05, 3.63) is 52.9 Å². The van der Waals surface area contributed by atoms with Gasteiger partial charge in [-0.1, -0.05) is 18.5 Å². The summed E-state index contributed by atoms with van der Waals surface area (Å²) in [6, 6.07) is 7.56. The van der Waals surface area contributed by atoms with Crippen LogP contribution in [0.3, 0.4) is 0 Å². The first-order valence-corrected chi connectivity index (χ1v) is 9.45. The molecule has 1 aliphatic heterocycles. The van der Waals surface area contributed by atoms with E-state index in [0.29, 0.717) is 10.1 Å². The number of amides is 2. The van der Waals surface area contributed by atoms with Crippen molar-refractivity contribution in [2.45, 2.75) is 13.5 Å². The zero-order chi connectivity index (χ0) is 18.2. The summed E-state index contributed by atoms with van der Waals surface area (Å²) < 4.78 is 30.3. The lowest BCUT2D eigenvalue weighted by Gasteiger charge is -2.17. The van der Waals surface area contributed by atoms with Gasteiger partial charge in [-0.05, 0) is 30.3 Å². The molecule has 1 aromatic carbocycles. The second kappa shape index (κ2) is 6.53. The predicted octanol–water partition coefficient (Wildman–Crippen LogP) is 2.18. The number of nitrogens with one attached hydrogen (secondary N) is 1. The number of hydrogen-bond acceptors (Lipinski definition) is 5. The maximum atomic E-state index is 12.3. The monoisotopic (exact) mass is 382 g/mol. The maximum Gasteiger partial charge on any atom is 0.251 e. The van der Waals surface area contributed by atoms with Crippen molar-refractivity contribution >= 4 is 39.1 Å². The van der Waals surface area contributed by atoms with Gasteiger partial charge in [-0.3, -0.25) is 9.59 Å². The number of halogens is 1. The number of anilines is 1. The van der Waals surface area contributed by atoms with Gasteiger partial charge in [0, 0.05) is 5.56 Å². The molecule has 3 rings (SSSR count). The van der Waals surface area contributed by atoms with Crippen LogP contribution >= 0.6 is 11.6 Å². The van der Waals surface area contributed by atoms with Gasteiger partial charge < -0.3 is 9.73 Å². The first-order chi connectivity index (χ1) is 11.8. The average Bonchev–Trinajstić information content (AvgIpc) is 3.13. The van der Waals surface area contributed by atoms with Crippen molar-refractivity contribution < 1.29 is 22.4 Å². The Balaban J connectivity index is 1.88. The second-order valence-electron chi connectivity index (χ2n) is 5.71. The minimum atomic E-state index is -3.80. The van der Waals surface area contributed by atoms with E-state index in [2.05, 4.69) is 5.32 Å². The molecule has 2 heterocycles. The summed E-state index contributed by atoms with van der Waals surface area (Å²) in [5, 5.41) is 2.73. The molecule has 0 saturated carbocycles. The fourth-order valence-corrected chi connectivity index (χ4v) is 4.64. The van der Waals surface area contributed by atoms with Gasteiger partial charge in [-0.2, -0.15) is 0 Å².